The van der Waals surface area contributed by atoms with Gasteiger partial charge in [-0.1, -0.05) is 18.2 Å². The second kappa shape index (κ2) is 8.89. The van der Waals surface area contributed by atoms with Crippen LogP contribution in [0.2, 0.25) is 0 Å². The monoisotopic (exact) mass is 380 g/mol. The molecule has 2 aromatic rings. The van der Waals surface area contributed by atoms with E-state index in [4.69, 9.17) is 9.05 Å². The zero-order valence-electron chi connectivity index (χ0n) is 14.7. The van der Waals surface area contributed by atoms with Gasteiger partial charge in [-0.2, -0.15) is 4.57 Å². The molecule has 1 aromatic heterocycles. The molecule has 0 saturated carbocycles. The lowest BCUT2D eigenvalue weighted by Gasteiger charge is -2.17. The summed E-state index contributed by atoms with van der Waals surface area (Å²) in [5.41, 5.74) is -1.30. The molecule has 1 heterocycles. The summed E-state index contributed by atoms with van der Waals surface area (Å²) in [5, 5.41) is 0. The molecule has 0 aliphatic rings. The summed E-state index contributed by atoms with van der Waals surface area (Å²) in [6.45, 7) is 3.78. The quantitative estimate of drug-likeness (QED) is 0.650. The number of carbonyl (C=O) groups excluding carboxylic acids is 1. The molecule has 0 unspecified atom stereocenters. The van der Waals surface area contributed by atoms with Crippen LogP contribution in [0.1, 0.15) is 24.2 Å². The highest BCUT2D eigenvalue weighted by Crippen LogP contribution is 2.47. The van der Waals surface area contributed by atoms with Crippen LogP contribution in [0.4, 0.5) is 0 Å². The molecule has 0 aliphatic carbocycles. The predicted octanol–water partition coefficient (Wildman–Crippen LogP) is 1.96. The Labute approximate surface area is 150 Å². The van der Waals surface area contributed by atoms with Crippen molar-refractivity contribution in [3.8, 4) is 0 Å². The minimum atomic E-state index is -3.35. The van der Waals surface area contributed by atoms with Gasteiger partial charge in [0.15, 0.2) is 0 Å². The molecule has 0 bridgehead atoms. The summed E-state index contributed by atoms with van der Waals surface area (Å²) < 4.78 is 24.6. The number of hydrogen-bond donors (Lipinski definition) is 0. The Kier molecular flexibility index (Phi) is 6.85. The van der Waals surface area contributed by atoms with E-state index in [1.807, 2.05) is 0 Å². The summed E-state index contributed by atoms with van der Waals surface area (Å²) in [5.74, 6) is -0.715. The Bertz CT molecular complexity index is 909. The molecule has 0 fully saturated rings. The van der Waals surface area contributed by atoms with E-state index in [-0.39, 0.29) is 31.5 Å². The van der Waals surface area contributed by atoms with Crippen LogP contribution >= 0.6 is 7.60 Å². The van der Waals surface area contributed by atoms with E-state index in [2.05, 4.69) is 0 Å². The minimum absolute atomic E-state index is 0.0154. The van der Waals surface area contributed by atoms with Gasteiger partial charge in [0, 0.05) is 24.4 Å². The first kappa shape index (κ1) is 20.0. The highest BCUT2D eigenvalue weighted by molar-refractivity contribution is 7.53. The summed E-state index contributed by atoms with van der Waals surface area (Å²) >= 11 is 0. The van der Waals surface area contributed by atoms with Gasteiger partial charge < -0.3 is 9.05 Å². The molecular weight excluding hydrogens is 359 g/mol. The normalized spacial score (nSPS) is 11.5. The van der Waals surface area contributed by atoms with Crippen LogP contribution < -0.4 is 11.2 Å². The molecule has 0 N–H and O–H groups in total. The maximum absolute atomic E-state index is 12.6. The maximum Gasteiger partial charge on any atom is 0.338 e. The molecule has 2 rings (SSSR count). The molecule has 8 nitrogen and oxygen atoms in total. The van der Waals surface area contributed by atoms with Gasteiger partial charge >= 0.3 is 13.3 Å². The third-order valence-corrected chi connectivity index (χ3v) is 5.60. The number of hydrogen-bond acceptors (Lipinski definition) is 6. The van der Waals surface area contributed by atoms with E-state index in [0.717, 1.165) is 10.6 Å². The van der Waals surface area contributed by atoms with E-state index in [1.54, 1.807) is 32.0 Å². The number of aryl methyl sites for hydroxylation is 1. The van der Waals surface area contributed by atoms with Gasteiger partial charge in [-0.3, -0.25) is 18.7 Å². The molecular formula is C17H21N2O6P. The van der Waals surface area contributed by atoms with Gasteiger partial charge in [-0.25, -0.2) is 4.79 Å². The Balaban J connectivity index is 2.33. The number of aromatic nitrogens is 2. The van der Waals surface area contributed by atoms with E-state index in [1.165, 1.54) is 18.3 Å². The van der Waals surface area contributed by atoms with Gasteiger partial charge in [0.1, 0.15) is 0 Å². The van der Waals surface area contributed by atoms with Gasteiger partial charge in [0.05, 0.1) is 19.4 Å². The van der Waals surface area contributed by atoms with Crippen molar-refractivity contribution in [3.05, 3.63) is 69.0 Å². The van der Waals surface area contributed by atoms with Crippen LogP contribution in [-0.2, 0) is 20.2 Å². The van der Waals surface area contributed by atoms with Crippen molar-refractivity contribution < 1.29 is 18.4 Å². The van der Waals surface area contributed by atoms with Crippen molar-refractivity contribution in [2.24, 2.45) is 0 Å². The van der Waals surface area contributed by atoms with Gasteiger partial charge in [0.25, 0.3) is 11.5 Å². The second-order valence-electron chi connectivity index (χ2n) is 5.31. The standard InChI is InChI=1S/C17H21N2O6P/c1-3-24-26(23,25-4-2)13-12-18-11-10-15(20)19(17(18)22)16(21)14-8-6-5-7-9-14/h5-11H,3-4,12-13H2,1-2H3. The van der Waals surface area contributed by atoms with E-state index < -0.39 is 24.8 Å². The molecule has 0 saturated heterocycles. The molecule has 140 valence electrons. The molecule has 0 radical (unpaired) electrons. The molecule has 0 aliphatic heterocycles. The fraction of sp³-hybridized carbons (Fsp3) is 0.353. The van der Waals surface area contributed by atoms with Gasteiger partial charge in [-0.15, -0.1) is 0 Å². The summed E-state index contributed by atoms with van der Waals surface area (Å²) in [7, 11) is -3.35. The fourth-order valence-electron chi connectivity index (χ4n) is 2.37. The Morgan fingerprint density at radius 1 is 1.04 bits per heavy atom. The summed E-state index contributed by atoms with van der Waals surface area (Å²) in [6, 6.07) is 9.16. The summed E-state index contributed by atoms with van der Waals surface area (Å²) in [6.07, 6.45) is 1.22. The molecule has 1 aromatic carbocycles. The zero-order chi connectivity index (χ0) is 19.2. The van der Waals surface area contributed by atoms with Crippen molar-refractivity contribution in [1.29, 1.82) is 0 Å². The first-order valence-electron chi connectivity index (χ1n) is 8.22. The Morgan fingerprint density at radius 3 is 2.23 bits per heavy atom. The minimum Gasteiger partial charge on any atom is -0.309 e. The van der Waals surface area contributed by atoms with Crippen LogP contribution in [0.25, 0.3) is 0 Å². The van der Waals surface area contributed by atoms with Gasteiger partial charge in [0.2, 0.25) is 0 Å². The van der Waals surface area contributed by atoms with Gasteiger partial charge in [-0.05, 0) is 26.0 Å². The smallest absolute Gasteiger partial charge is 0.309 e. The lowest BCUT2D eigenvalue weighted by atomic mass is 10.2. The Morgan fingerprint density at radius 2 is 1.65 bits per heavy atom. The van der Waals surface area contributed by atoms with Crippen molar-refractivity contribution in [2.75, 3.05) is 19.4 Å². The lowest BCUT2D eigenvalue weighted by molar-refractivity contribution is 0.0948. The lowest BCUT2D eigenvalue weighted by Crippen LogP contribution is -2.43. The second-order valence-corrected chi connectivity index (χ2v) is 7.49. The largest absolute Gasteiger partial charge is 0.338 e. The number of benzene rings is 1. The van der Waals surface area contributed by atoms with Crippen molar-refractivity contribution >= 4 is 13.5 Å². The van der Waals surface area contributed by atoms with Crippen molar-refractivity contribution in [3.63, 3.8) is 0 Å². The van der Waals surface area contributed by atoms with Crippen molar-refractivity contribution in [2.45, 2.75) is 20.4 Å². The highest BCUT2D eigenvalue weighted by atomic mass is 31.2. The summed E-state index contributed by atoms with van der Waals surface area (Å²) in [4.78, 5) is 37.1. The van der Waals surface area contributed by atoms with Crippen LogP contribution in [0, 0.1) is 0 Å². The average Bonchev–Trinajstić information content (AvgIpc) is 2.62. The van der Waals surface area contributed by atoms with Crippen molar-refractivity contribution in [1.82, 2.24) is 9.13 Å². The molecule has 0 spiro atoms. The third kappa shape index (κ3) is 4.66. The number of nitrogens with zero attached hydrogens (tertiary/aromatic N) is 2. The Hall–Kier alpha value is -2.28. The number of carbonyl (C=O) groups is 1. The van der Waals surface area contributed by atoms with Crippen LogP contribution in [0.15, 0.2) is 52.2 Å². The topological polar surface area (TPSA) is 96.6 Å². The fourth-order valence-corrected chi connectivity index (χ4v) is 3.95. The molecule has 26 heavy (non-hydrogen) atoms. The highest BCUT2D eigenvalue weighted by Gasteiger charge is 2.24. The predicted molar refractivity (Wildman–Crippen MR) is 96.9 cm³/mol. The SMILES string of the molecule is CCOP(=O)(CCn1ccc(=O)n(C(=O)c2ccccc2)c1=O)OCC. The van der Waals surface area contributed by atoms with E-state index in [9.17, 15) is 18.9 Å². The molecule has 0 amide bonds. The average molecular weight is 380 g/mol. The number of rotatable bonds is 8. The first-order valence-corrected chi connectivity index (χ1v) is 9.95. The third-order valence-electron chi connectivity index (χ3n) is 3.54. The maximum atomic E-state index is 12.6. The van der Waals surface area contributed by atoms with Crippen LogP contribution in [0.3, 0.4) is 0 Å². The van der Waals surface area contributed by atoms with E-state index >= 15 is 0 Å². The van der Waals surface area contributed by atoms with Crippen LogP contribution in [0.5, 0.6) is 0 Å². The van der Waals surface area contributed by atoms with E-state index in [0.29, 0.717) is 4.57 Å². The zero-order valence-corrected chi connectivity index (χ0v) is 15.6. The molecule has 0 atom stereocenters. The molecule has 9 heteroatoms. The first-order chi connectivity index (χ1) is 12.4. The van der Waals surface area contributed by atoms with Crippen LogP contribution in [-0.4, -0.2) is 34.4 Å².